The zero-order chi connectivity index (χ0) is 11.7. The van der Waals surface area contributed by atoms with Crippen LogP contribution in [0.2, 0.25) is 0 Å². The van der Waals surface area contributed by atoms with Gasteiger partial charge in [0.25, 0.3) is 0 Å². The molecule has 0 aliphatic rings. The largest absolute Gasteiger partial charge is 0.469 e. The summed E-state index contributed by atoms with van der Waals surface area (Å²) in [6.45, 7) is 1.76. The minimum atomic E-state index is -0.379. The highest BCUT2D eigenvalue weighted by atomic mass is 16.5. The molecular weight excluding hydrogens is 194 g/mol. The van der Waals surface area contributed by atoms with Gasteiger partial charge in [0.2, 0.25) is 5.91 Å². The van der Waals surface area contributed by atoms with Crippen molar-refractivity contribution in [1.29, 1.82) is 0 Å². The van der Waals surface area contributed by atoms with Crippen molar-refractivity contribution in [3.05, 3.63) is 35.9 Å². The monoisotopic (exact) mass is 209 g/mol. The molecule has 15 heavy (non-hydrogen) atoms. The Morgan fingerprint density at radius 1 is 1.27 bits per heavy atom. The van der Waals surface area contributed by atoms with Crippen molar-refractivity contribution in [2.45, 2.75) is 13.3 Å². The number of rotatable bonds is 2. The molecule has 1 aromatic rings. The molecule has 0 heterocycles. The normalized spacial score (nSPS) is 8.40. The van der Waals surface area contributed by atoms with Gasteiger partial charge in [0.1, 0.15) is 0 Å². The Morgan fingerprint density at radius 2 is 1.80 bits per heavy atom. The van der Waals surface area contributed by atoms with E-state index in [2.05, 4.69) is 4.74 Å². The first kappa shape index (κ1) is 13.2. The summed E-state index contributed by atoms with van der Waals surface area (Å²) >= 11 is 0. The number of nitrogens with two attached hydrogens (primary N) is 1. The van der Waals surface area contributed by atoms with E-state index >= 15 is 0 Å². The van der Waals surface area contributed by atoms with Gasteiger partial charge in [-0.15, -0.1) is 0 Å². The summed E-state index contributed by atoms with van der Waals surface area (Å²) < 4.78 is 4.26. The molecule has 0 atom stereocenters. The quantitative estimate of drug-likeness (QED) is 0.747. The number of hydrogen-bond acceptors (Lipinski definition) is 3. The molecule has 0 unspecified atom stereocenters. The van der Waals surface area contributed by atoms with Crippen LogP contribution < -0.4 is 5.73 Å². The van der Waals surface area contributed by atoms with Gasteiger partial charge in [-0.3, -0.25) is 9.59 Å². The number of primary amides is 1. The zero-order valence-electron chi connectivity index (χ0n) is 8.90. The Bertz CT molecular complexity index is 303. The average molecular weight is 209 g/mol. The second-order valence-corrected chi connectivity index (χ2v) is 2.66. The highest BCUT2D eigenvalue weighted by Crippen LogP contribution is 1.94. The second kappa shape index (κ2) is 7.55. The van der Waals surface area contributed by atoms with Gasteiger partial charge in [-0.2, -0.15) is 0 Å². The van der Waals surface area contributed by atoms with Crippen LogP contribution in [-0.4, -0.2) is 19.0 Å². The molecular formula is C11H15NO3. The molecule has 4 heteroatoms. The molecule has 1 rings (SSSR count). The van der Waals surface area contributed by atoms with E-state index in [9.17, 15) is 9.59 Å². The first-order valence-electron chi connectivity index (χ1n) is 4.53. The van der Waals surface area contributed by atoms with Gasteiger partial charge in [-0.25, -0.2) is 0 Å². The Morgan fingerprint density at radius 3 is 2.00 bits per heavy atom. The van der Waals surface area contributed by atoms with E-state index in [0.717, 1.165) is 0 Å². The molecule has 1 amide bonds. The lowest BCUT2D eigenvalue weighted by Crippen LogP contribution is -2.09. The van der Waals surface area contributed by atoms with Gasteiger partial charge in [0.05, 0.1) is 7.11 Å². The van der Waals surface area contributed by atoms with E-state index in [1.165, 1.54) is 7.11 Å². The predicted molar refractivity (Wildman–Crippen MR) is 57.3 cm³/mol. The number of amides is 1. The van der Waals surface area contributed by atoms with Crippen LogP contribution in [0.5, 0.6) is 0 Å². The molecule has 0 radical (unpaired) electrons. The number of hydrogen-bond donors (Lipinski definition) is 1. The summed E-state index contributed by atoms with van der Waals surface area (Å²) in [5.74, 6) is -0.536. The fourth-order valence-electron chi connectivity index (χ4n) is 0.747. The predicted octanol–water partition coefficient (Wildman–Crippen LogP) is 1.35. The van der Waals surface area contributed by atoms with Crippen molar-refractivity contribution in [2.24, 2.45) is 5.73 Å². The van der Waals surface area contributed by atoms with Gasteiger partial charge < -0.3 is 10.5 Å². The maximum absolute atomic E-state index is 10.4. The lowest BCUT2D eigenvalue weighted by atomic mass is 10.2. The smallest absolute Gasteiger partial charge is 0.305 e. The highest BCUT2D eigenvalue weighted by Gasteiger charge is 1.93. The molecule has 4 nitrogen and oxygen atoms in total. The van der Waals surface area contributed by atoms with E-state index in [4.69, 9.17) is 5.73 Å². The number of methoxy groups -OCH3 is 1. The van der Waals surface area contributed by atoms with Crippen molar-refractivity contribution < 1.29 is 14.3 Å². The van der Waals surface area contributed by atoms with Crippen molar-refractivity contribution in [3.8, 4) is 0 Å². The van der Waals surface area contributed by atoms with E-state index in [1.807, 2.05) is 6.07 Å². The van der Waals surface area contributed by atoms with Gasteiger partial charge in [0, 0.05) is 12.0 Å². The fourth-order valence-corrected chi connectivity index (χ4v) is 0.747. The maximum atomic E-state index is 10.4. The van der Waals surface area contributed by atoms with Gasteiger partial charge in [0.15, 0.2) is 0 Å². The van der Waals surface area contributed by atoms with Gasteiger partial charge in [-0.1, -0.05) is 25.1 Å². The van der Waals surface area contributed by atoms with Crippen LogP contribution in [0.15, 0.2) is 30.3 Å². The van der Waals surface area contributed by atoms with Crippen LogP contribution >= 0.6 is 0 Å². The SMILES string of the molecule is CCC(=O)OC.NC(=O)c1ccccc1. The molecule has 0 fully saturated rings. The highest BCUT2D eigenvalue weighted by molar-refractivity contribution is 5.92. The molecule has 0 bridgehead atoms. The number of carbonyl (C=O) groups is 2. The van der Waals surface area contributed by atoms with Crippen LogP contribution in [0.3, 0.4) is 0 Å². The van der Waals surface area contributed by atoms with Crippen LogP contribution in [0.4, 0.5) is 0 Å². The number of esters is 1. The third-order valence-electron chi connectivity index (χ3n) is 1.57. The Kier molecular flexibility index (Phi) is 6.63. The maximum Gasteiger partial charge on any atom is 0.305 e. The molecule has 0 aliphatic carbocycles. The summed E-state index contributed by atoms with van der Waals surface area (Å²) in [5.41, 5.74) is 5.53. The summed E-state index contributed by atoms with van der Waals surface area (Å²) in [4.78, 5) is 20.4. The Labute approximate surface area is 89.0 Å². The fraction of sp³-hybridized carbons (Fsp3) is 0.273. The lowest BCUT2D eigenvalue weighted by Gasteiger charge is -1.89. The van der Waals surface area contributed by atoms with Crippen LogP contribution in [0.25, 0.3) is 0 Å². The molecule has 0 aliphatic heterocycles. The number of ether oxygens (including phenoxy) is 1. The topological polar surface area (TPSA) is 69.4 Å². The second-order valence-electron chi connectivity index (χ2n) is 2.66. The zero-order valence-corrected chi connectivity index (χ0v) is 8.90. The summed E-state index contributed by atoms with van der Waals surface area (Å²) in [7, 11) is 1.38. The van der Waals surface area contributed by atoms with Crippen LogP contribution in [-0.2, 0) is 9.53 Å². The summed E-state index contributed by atoms with van der Waals surface area (Å²) in [5, 5.41) is 0. The average Bonchev–Trinajstić information content (AvgIpc) is 2.30. The lowest BCUT2D eigenvalue weighted by molar-refractivity contribution is -0.140. The molecule has 0 saturated heterocycles. The standard InChI is InChI=1S/C7H7NO.C4H8O2/c8-7(9)6-4-2-1-3-5-6;1-3-4(5)6-2/h1-5H,(H2,8,9);3H2,1-2H3. The van der Waals surface area contributed by atoms with Crippen molar-refractivity contribution >= 4 is 11.9 Å². The van der Waals surface area contributed by atoms with Gasteiger partial charge >= 0.3 is 5.97 Å². The third-order valence-corrected chi connectivity index (χ3v) is 1.57. The minimum absolute atomic E-state index is 0.157. The van der Waals surface area contributed by atoms with E-state index < -0.39 is 0 Å². The molecule has 2 N–H and O–H groups in total. The van der Waals surface area contributed by atoms with E-state index in [0.29, 0.717) is 12.0 Å². The third kappa shape index (κ3) is 6.26. The van der Waals surface area contributed by atoms with E-state index in [-0.39, 0.29) is 11.9 Å². The van der Waals surface area contributed by atoms with E-state index in [1.54, 1.807) is 31.2 Å². The molecule has 0 spiro atoms. The summed E-state index contributed by atoms with van der Waals surface area (Å²) in [6.07, 6.45) is 0.469. The van der Waals surface area contributed by atoms with Crippen LogP contribution in [0.1, 0.15) is 23.7 Å². The Balaban J connectivity index is 0.000000288. The van der Waals surface area contributed by atoms with Crippen molar-refractivity contribution in [1.82, 2.24) is 0 Å². The first-order chi connectivity index (χ1) is 7.11. The first-order valence-corrected chi connectivity index (χ1v) is 4.53. The molecule has 0 saturated carbocycles. The van der Waals surface area contributed by atoms with Crippen molar-refractivity contribution in [2.75, 3.05) is 7.11 Å². The number of benzene rings is 1. The number of carbonyl (C=O) groups excluding carboxylic acids is 2. The molecule has 82 valence electrons. The van der Waals surface area contributed by atoms with Crippen molar-refractivity contribution in [3.63, 3.8) is 0 Å². The minimum Gasteiger partial charge on any atom is -0.469 e. The molecule has 1 aromatic carbocycles. The van der Waals surface area contributed by atoms with Crippen LogP contribution in [0, 0.1) is 0 Å². The molecule has 0 aromatic heterocycles. The Hall–Kier alpha value is -1.84. The van der Waals surface area contributed by atoms with Gasteiger partial charge in [-0.05, 0) is 12.1 Å². The summed E-state index contributed by atoms with van der Waals surface area (Å²) in [6, 6.07) is 8.76.